The summed E-state index contributed by atoms with van der Waals surface area (Å²) in [5.41, 5.74) is 0.873. The molecule has 0 saturated carbocycles. The van der Waals surface area contributed by atoms with Crippen LogP contribution < -0.4 is 4.72 Å². The van der Waals surface area contributed by atoms with Gasteiger partial charge < -0.3 is 5.11 Å². The van der Waals surface area contributed by atoms with E-state index in [0.717, 1.165) is 10.0 Å². The molecular weight excluding hydrogens is 358 g/mol. The molecule has 0 bridgehead atoms. The van der Waals surface area contributed by atoms with E-state index in [9.17, 15) is 13.2 Å². The topological polar surface area (TPSA) is 83.5 Å². The summed E-state index contributed by atoms with van der Waals surface area (Å²) in [7, 11) is -3.65. The molecule has 0 saturated heterocycles. The van der Waals surface area contributed by atoms with Gasteiger partial charge in [0, 0.05) is 4.47 Å². The molecule has 0 heterocycles. The Labute approximate surface area is 133 Å². The van der Waals surface area contributed by atoms with Crippen molar-refractivity contribution < 1.29 is 18.3 Å². The molecular formula is C14H20BrNO4S. The molecule has 1 aromatic rings. The van der Waals surface area contributed by atoms with Crippen LogP contribution in [0.3, 0.4) is 0 Å². The predicted molar refractivity (Wildman–Crippen MR) is 85.6 cm³/mol. The van der Waals surface area contributed by atoms with Crippen LogP contribution in [0, 0.1) is 5.92 Å². The summed E-state index contributed by atoms with van der Waals surface area (Å²) < 4.78 is 27.3. The van der Waals surface area contributed by atoms with Crippen molar-refractivity contribution in [1.29, 1.82) is 0 Å². The van der Waals surface area contributed by atoms with E-state index >= 15 is 0 Å². The first-order chi connectivity index (χ1) is 9.76. The first-order valence-corrected chi connectivity index (χ1v) is 9.17. The minimum Gasteiger partial charge on any atom is -0.480 e. The number of aryl methyl sites for hydroxylation is 1. The third kappa shape index (κ3) is 5.76. The van der Waals surface area contributed by atoms with Gasteiger partial charge in [0.25, 0.3) is 0 Å². The number of halogens is 1. The first-order valence-electron chi connectivity index (χ1n) is 6.73. The van der Waals surface area contributed by atoms with Gasteiger partial charge in [0.1, 0.15) is 6.04 Å². The van der Waals surface area contributed by atoms with E-state index in [1.807, 2.05) is 31.2 Å². The van der Waals surface area contributed by atoms with E-state index in [0.29, 0.717) is 12.8 Å². The fourth-order valence-electron chi connectivity index (χ4n) is 1.84. The van der Waals surface area contributed by atoms with Crippen LogP contribution in [0.25, 0.3) is 0 Å². The second-order valence-electron chi connectivity index (χ2n) is 4.98. The summed E-state index contributed by atoms with van der Waals surface area (Å²) in [5, 5.41) is 9.13. The van der Waals surface area contributed by atoms with E-state index < -0.39 is 22.0 Å². The quantitative estimate of drug-likeness (QED) is 0.728. The van der Waals surface area contributed by atoms with Crippen LogP contribution >= 0.6 is 15.9 Å². The van der Waals surface area contributed by atoms with Crippen LogP contribution in [-0.2, 0) is 21.2 Å². The molecule has 0 aliphatic rings. The van der Waals surface area contributed by atoms with Gasteiger partial charge in [0.05, 0.1) is 5.75 Å². The molecule has 7 heteroatoms. The summed E-state index contributed by atoms with van der Waals surface area (Å²) in [5.74, 6) is -1.55. The van der Waals surface area contributed by atoms with Crippen LogP contribution in [0.2, 0.25) is 0 Å². The van der Waals surface area contributed by atoms with Gasteiger partial charge in [-0.2, -0.15) is 0 Å². The third-order valence-corrected chi connectivity index (χ3v) is 5.51. The maximum atomic E-state index is 12.1. The Balaban J connectivity index is 2.73. The lowest BCUT2D eigenvalue weighted by Gasteiger charge is -2.20. The van der Waals surface area contributed by atoms with Crippen LogP contribution in [0.15, 0.2) is 28.7 Å². The lowest BCUT2D eigenvalue weighted by atomic mass is 10.0. The summed E-state index contributed by atoms with van der Waals surface area (Å²) in [6.45, 7) is 3.55. The fraction of sp³-hybridized carbons (Fsp3) is 0.500. The average molecular weight is 378 g/mol. The number of sulfonamides is 1. The standard InChI is InChI=1S/C14H20BrNO4S/c1-3-10(2)13(14(17)18)16-21(19,20)9-8-11-6-4-5-7-12(11)15/h4-7,10,13,16H,3,8-9H2,1-2H3,(H,17,18)/t10-,13-/m0/s1. The molecule has 21 heavy (non-hydrogen) atoms. The number of carboxylic acids is 1. The minimum absolute atomic E-state index is 0.143. The van der Waals surface area contributed by atoms with Crippen molar-refractivity contribution >= 4 is 31.9 Å². The Morgan fingerprint density at radius 1 is 1.38 bits per heavy atom. The van der Waals surface area contributed by atoms with Crippen LogP contribution in [0.4, 0.5) is 0 Å². The normalized spacial score (nSPS) is 14.6. The number of benzene rings is 1. The summed E-state index contributed by atoms with van der Waals surface area (Å²) in [6.07, 6.45) is 0.910. The lowest BCUT2D eigenvalue weighted by Crippen LogP contribution is -2.45. The highest BCUT2D eigenvalue weighted by atomic mass is 79.9. The minimum atomic E-state index is -3.65. The van der Waals surface area contributed by atoms with Crippen molar-refractivity contribution in [3.63, 3.8) is 0 Å². The Morgan fingerprint density at radius 2 is 2.00 bits per heavy atom. The van der Waals surface area contributed by atoms with E-state index in [2.05, 4.69) is 20.7 Å². The maximum Gasteiger partial charge on any atom is 0.322 e. The molecule has 118 valence electrons. The number of aliphatic carboxylic acids is 1. The van der Waals surface area contributed by atoms with Crippen molar-refractivity contribution in [2.75, 3.05) is 5.75 Å². The second-order valence-corrected chi connectivity index (χ2v) is 7.71. The van der Waals surface area contributed by atoms with Gasteiger partial charge >= 0.3 is 5.97 Å². The third-order valence-electron chi connectivity index (χ3n) is 3.38. The highest BCUT2D eigenvalue weighted by molar-refractivity contribution is 9.10. The van der Waals surface area contributed by atoms with Crippen LogP contribution in [0.5, 0.6) is 0 Å². The fourth-order valence-corrected chi connectivity index (χ4v) is 3.65. The van der Waals surface area contributed by atoms with Crippen molar-refractivity contribution in [2.45, 2.75) is 32.7 Å². The highest BCUT2D eigenvalue weighted by Crippen LogP contribution is 2.17. The predicted octanol–water partition coefficient (Wildman–Crippen LogP) is 2.41. The number of carboxylic acid groups (broad SMARTS) is 1. The molecule has 2 N–H and O–H groups in total. The van der Waals surface area contributed by atoms with Crippen molar-refractivity contribution in [3.05, 3.63) is 34.3 Å². The molecule has 0 unspecified atom stereocenters. The summed E-state index contributed by atoms with van der Waals surface area (Å²) in [4.78, 5) is 11.2. The van der Waals surface area contributed by atoms with E-state index in [1.54, 1.807) is 6.92 Å². The number of nitrogens with one attached hydrogen (secondary N) is 1. The Kier molecular flexibility index (Phi) is 6.83. The Morgan fingerprint density at radius 3 is 2.52 bits per heavy atom. The second kappa shape index (κ2) is 7.91. The molecule has 2 atom stereocenters. The average Bonchev–Trinajstić information content (AvgIpc) is 2.43. The van der Waals surface area contributed by atoms with Gasteiger partial charge in [0.15, 0.2) is 0 Å². The summed E-state index contributed by atoms with van der Waals surface area (Å²) >= 11 is 3.36. The Bertz CT molecular complexity index is 588. The maximum absolute atomic E-state index is 12.1. The number of rotatable bonds is 8. The van der Waals surface area contributed by atoms with Gasteiger partial charge in [-0.3, -0.25) is 4.79 Å². The molecule has 1 aromatic carbocycles. The van der Waals surface area contributed by atoms with Gasteiger partial charge in [-0.15, -0.1) is 0 Å². The molecule has 0 spiro atoms. The molecule has 0 aliphatic heterocycles. The molecule has 0 aliphatic carbocycles. The largest absolute Gasteiger partial charge is 0.480 e. The first kappa shape index (κ1) is 18.1. The van der Waals surface area contributed by atoms with Crippen LogP contribution in [0.1, 0.15) is 25.8 Å². The lowest BCUT2D eigenvalue weighted by molar-refractivity contribution is -0.140. The molecule has 0 radical (unpaired) electrons. The zero-order chi connectivity index (χ0) is 16.0. The molecule has 0 aromatic heterocycles. The van der Waals surface area contributed by atoms with Gasteiger partial charge in [0.2, 0.25) is 10.0 Å². The highest BCUT2D eigenvalue weighted by Gasteiger charge is 2.28. The van der Waals surface area contributed by atoms with E-state index in [1.165, 1.54) is 0 Å². The number of hydrogen-bond acceptors (Lipinski definition) is 3. The monoisotopic (exact) mass is 377 g/mol. The van der Waals surface area contributed by atoms with Crippen molar-refractivity contribution in [2.24, 2.45) is 5.92 Å². The Hall–Kier alpha value is -0.920. The molecule has 5 nitrogen and oxygen atoms in total. The van der Waals surface area contributed by atoms with Gasteiger partial charge in [-0.1, -0.05) is 54.4 Å². The van der Waals surface area contributed by atoms with Crippen molar-refractivity contribution in [3.8, 4) is 0 Å². The SMILES string of the molecule is CC[C@H](C)[C@H](NS(=O)(=O)CCc1ccccc1Br)C(=O)O. The van der Waals surface area contributed by atoms with E-state index in [-0.39, 0.29) is 11.7 Å². The number of carbonyl (C=O) groups is 1. The van der Waals surface area contributed by atoms with Gasteiger partial charge in [-0.05, 0) is 24.0 Å². The number of hydrogen-bond donors (Lipinski definition) is 2. The van der Waals surface area contributed by atoms with Gasteiger partial charge in [-0.25, -0.2) is 13.1 Å². The molecule has 0 fully saturated rings. The molecule has 0 amide bonds. The van der Waals surface area contributed by atoms with Crippen molar-refractivity contribution in [1.82, 2.24) is 4.72 Å². The van der Waals surface area contributed by atoms with E-state index in [4.69, 9.17) is 5.11 Å². The smallest absolute Gasteiger partial charge is 0.322 e. The zero-order valence-corrected chi connectivity index (χ0v) is 14.4. The zero-order valence-electron chi connectivity index (χ0n) is 12.0. The summed E-state index contributed by atoms with van der Waals surface area (Å²) in [6, 6.07) is 6.28. The van der Waals surface area contributed by atoms with Crippen LogP contribution in [-0.4, -0.2) is 31.3 Å². The molecule has 1 rings (SSSR count).